The van der Waals surface area contributed by atoms with E-state index in [1.807, 2.05) is 61.5 Å². The molecule has 0 saturated carbocycles. The number of amides is 1. The van der Waals surface area contributed by atoms with Crippen molar-refractivity contribution in [2.45, 2.75) is 25.8 Å². The van der Waals surface area contributed by atoms with Crippen molar-refractivity contribution in [3.8, 4) is 0 Å². The molecule has 0 spiro atoms. The molecule has 1 atom stereocenters. The molecule has 1 fully saturated rings. The molecule has 0 aromatic heterocycles. The second-order valence-corrected chi connectivity index (χ2v) is 9.13. The van der Waals surface area contributed by atoms with E-state index in [1.165, 1.54) is 10.6 Å². The highest BCUT2D eigenvalue weighted by Crippen LogP contribution is 2.27. The Balaban J connectivity index is 1.77. The van der Waals surface area contributed by atoms with Gasteiger partial charge in [-0.15, -0.1) is 0 Å². The number of aryl methyl sites for hydroxylation is 1. The molecule has 2 aromatic carbocycles. The van der Waals surface area contributed by atoms with Crippen molar-refractivity contribution in [1.29, 1.82) is 0 Å². The highest BCUT2D eigenvalue weighted by atomic mass is 32.2. The van der Waals surface area contributed by atoms with Crippen LogP contribution in [0.1, 0.15) is 35.6 Å². The van der Waals surface area contributed by atoms with Gasteiger partial charge in [0.25, 0.3) is 0 Å². The minimum Gasteiger partial charge on any atom is -0.345 e. The Bertz CT molecular complexity index is 889. The Morgan fingerprint density at radius 1 is 1.04 bits per heavy atom. The fraction of sp³-hybridized carbons (Fsp3) is 0.381. The first-order chi connectivity index (χ1) is 12.9. The Morgan fingerprint density at radius 2 is 1.63 bits per heavy atom. The van der Waals surface area contributed by atoms with Crippen molar-refractivity contribution in [2.24, 2.45) is 5.92 Å². The van der Waals surface area contributed by atoms with Gasteiger partial charge in [-0.1, -0.05) is 54.6 Å². The third-order valence-corrected chi connectivity index (χ3v) is 6.52. The van der Waals surface area contributed by atoms with Crippen LogP contribution in [0.5, 0.6) is 0 Å². The van der Waals surface area contributed by atoms with Gasteiger partial charge in [-0.2, -0.15) is 0 Å². The maximum absolute atomic E-state index is 12.9. The van der Waals surface area contributed by atoms with Crippen molar-refractivity contribution < 1.29 is 13.2 Å². The summed E-state index contributed by atoms with van der Waals surface area (Å²) in [5, 5.41) is 3.21. The van der Waals surface area contributed by atoms with Crippen LogP contribution in [-0.2, 0) is 14.8 Å². The van der Waals surface area contributed by atoms with Crippen LogP contribution in [0.4, 0.5) is 0 Å². The first kappa shape index (κ1) is 19.6. The summed E-state index contributed by atoms with van der Waals surface area (Å²) in [6, 6.07) is 17.8. The van der Waals surface area contributed by atoms with Gasteiger partial charge in [0.2, 0.25) is 15.9 Å². The lowest BCUT2D eigenvalue weighted by Gasteiger charge is -2.31. The standard InChI is InChI=1S/C21H26N2O3S/c1-16-8-6-7-11-19(16)20(17-9-4-3-5-10-17)22-21(24)18-12-14-23(15-13-18)27(2,25)26/h3-11,18,20H,12-15H2,1-2H3,(H,22,24)/t20-/m1/s1. The van der Waals surface area contributed by atoms with Crippen LogP contribution in [-0.4, -0.2) is 38.0 Å². The largest absolute Gasteiger partial charge is 0.345 e. The van der Waals surface area contributed by atoms with Gasteiger partial charge >= 0.3 is 0 Å². The molecule has 0 unspecified atom stereocenters. The fourth-order valence-corrected chi connectivity index (χ4v) is 4.48. The zero-order valence-corrected chi connectivity index (χ0v) is 16.6. The van der Waals surface area contributed by atoms with Crippen molar-refractivity contribution >= 4 is 15.9 Å². The van der Waals surface area contributed by atoms with E-state index in [2.05, 4.69) is 5.32 Å². The van der Waals surface area contributed by atoms with Gasteiger partial charge in [-0.3, -0.25) is 4.79 Å². The number of carbonyl (C=O) groups excluding carboxylic acids is 1. The Labute approximate surface area is 161 Å². The van der Waals surface area contributed by atoms with Crippen molar-refractivity contribution in [2.75, 3.05) is 19.3 Å². The summed E-state index contributed by atoms with van der Waals surface area (Å²) >= 11 is 0. The van der Waals surface area contributed by atoms with E-state index in [-0.39, 0.29) is 17.9 Å². The number of piperidine rings is 1. The Hall–Kier alpha value is -2.18. The van der Waals surface area contributed by atoms with Crippen LogP contribution in [0.2, 0.25) is 0 Å². The quantitative estimate of drug-likeness (QED) is 0.859. The molecule has 0 radical (unpaired) electrons. The summed E-state index contributed by atoms with van der Waals surface area (Å²) in [7, 11) is -3.19. The molecule has 1 amide bonds. The number of hydrogen-bond acceptors (Lipinski definition) is 3. The summed E-state index contributed by atoms with van der Waals surface area (Å²) in [5.41, 5.74) is 3.23. The SMILES string of the molecule is Cc1ccccc1[C@H](NC(=O)C1CCN(S(C)(=O)=O)CC1)c1ccccc1. The van der Waals surface area contributed by atoms with Gasteiger partial charge in [0.1, 0.15) is 0 Å². The van der Waals surface area contributed by atoms with Crippen LogP contribution in [0.25, 0.3) is 0 Å². The third-order valence-electron chi connectivity index (χ3n) is 5.21. The lowest BCUT2D eigenvalue weighted by atomic mass is 9.92. The maximum Gasteiger partial charge on any atom is 0.223 e. The molecule has 1 aliphatic rings. The fourth-order valence-electron chi connectivity index (χ4n) is 3.61. The number of nitrogens with zero attached hydrogens (tertiary/aromatic N) is 1. The van der Waals surface area contributed by atoms with E-state index >= 15 is 0 Å². The molecule has 5 nitrogen and oxygen atoms in total. The lowest BCUT2D eigenvalue weighted by molar-refractivity contribution is -0.126. The summed E-state index contributed by atoms with van der Waals surface area (Å²) in [6.45, 7) is 2.84. The van der Waals surface area contributed by atoms with Crippen molar-refractivity contribution in [1.82, 2.24) is 9.62 Å². The van der Waals surface area contributed by atoms with E-state index in [4.69, 9.17) is 0 Å². The third kappa shape index (κ3) is 4.76. The van der Waals surface area contributed by atoms with Gasteiger partial charge in [0.05, 0.1) is 12.3 Å². The van der Waals surface area contributed by atoms with Crippen LogP contribution in [0.15, 0.2) is 54.6 Å². The van der Waals surface area contributed by atoms with Gasteiger partial charge in [-0.05, 0) is 36.5 Å². The van der Waals surface area contributed by atoms with Gasteiger partial charge in [0.15, 0.2) is 0 Å². The first-order valence-corrected chi connectivity index (χ1v) is 11.1. The van der Waals surface area contributed by atoms with Gasteiger partial charge in [-0.25, -0.2) is 12.7 Å². The molecule has 2 aromatic rings. The average Bonchev–Trinajstić information content (AvgIpc) is 2.67. The summed E-state index contributed by atoms with van der Waals surface area (Å²) in [5.74, 6) is -0.182. The zero-order valence-electron chi connectivity index (χ0n) is 15.8. The van der Waals surface area contributed by atoms with Gasteiger partial charge in [0, 0.05) is 19.0 Å². The van der Waals surface area contributed by atoms with E-state index in [9.17, 15) is 13.2 Å². The van der Waals surface area contributed by atoms with Crippen LogP contribution < -0.4 is 5.32 Å². The molecule has 0 aliphatic carbocycles. The zero-order chi connectivity index (χ0) is 19.4. The molecule has 1 saturated heterocycles. The van der Waals surface area contributed by atoms with E-state index in [1.54, 1.807) is 0 Å². The molecule has 1 heterocycles. The van der Waals surface area contributed by atoms with E-state index < -0.39 is 10.0 Å². The minimum absolute atomic E-state index is 0.0137. The Kier molecular flexibility index (Phi) is 5.97. The number of benzene rings is 2. The molecule has 1 N–H and O–H groups in total. The Morgan fingerprint density at radius 3 is 2.22 bits per heavy atom. The van der Waals surface area contributed by atoms with E-state index in [0.717, 1.165) is 16.7 Å². The summed E-state index contributed by atoms with van der Waals surface area (Å²) in [4.78, 5) is 12.9. The molecule has 3 rings (SSSR count). The van der Waals surface area contributed by atoms with Crippen LogP contribution >= 0.6 is 0 Å². The minimum atomic E-state index is -3.19. The molecule has 6 heteroatoms. The number of nitrogens with one attached hydrogen (secondary N) is 1. The number of sulfonamides is 1. The highest BCUT2D eigenvalue weighted by molar-refractivity contribution is 7.88. The monoisotopic (exact) mass is 386 g/mol. The summed E-state index contributed by atoms with van der Waals surface area (Å²) in [6.07, 6.45) is 2.32. The highest BCUT2D eigenvalue weighted by Gasteiger charge is 2.30. The maximum atomic E-state index is 12.9. The van der Waals surface area contributed by atoms with Crippen molar-refractivity contribution in [3.63, 3.8) is 0 Å². The predicted molar refractivity (Wildman–Crippen MR) is 107 cm³/mol. The molecular weight excluding hydrogens is 360 g/mol. The second kappa shape index (κ2) is 8.23. The van der Waals surface area contributed by atoms with Crippen LogP contribution in [0.3, 0.4) is 0 Å². The van der Waals surface area contributed by atoms with Gasteiger partial charge < -0.3 is 5.32 Å². The number of hydrogen-bond donors (Lipinski definition) is 1. The van der Waals surface area contributed by atoms with E-state index in [0.29, 0.717) is 25.9 Å². The topological polar surface area (TPSA) is 66.5 Å². The number of rotatable bonds is 5. The molecule has 0 bridgehead atoms. The number of carbonyl (C=O) groups is 1. The molecular formula is C21H26N2O3S. The normalized spacial score (nSPS) is 17.4. The molecule has 1 aliphatic heterocycles. The average molecular weight is 387 g/mol. The predicted octanol–water partition coefficient (Wildman–Crippen LogP) is 2.87. The molecule has 144 valence electrons. The lowest BCUT2D eigenvalue weighted by Crippen LogP contribution is -2.43. The molecule has 27 heavy (non-hydrogen) atoms. The van der Waals surface area contributed by atoms with Crippen molar-refractivity contribution in [3.05, 3.63) is 71.3 Å². The summed E-state index contributed by atoms with van der Waals surface area (Å²) < 4.78 is 24.8. The second-order valence-electron chi connectivity index (χ2n) is 7.15. The first-order valence-electron chi connectivity index (χ1n) is 9.22. The van der Waals surface area contributed by atoms with Crippen LogP contribution in [0, 0.1) is 12.8 Å². The smallest absolute Gasteiger partial charge is 0.223 e.